The van der Waals surface area contributed by atoms with Gasteiger partial charge in [0.1, 0.15) is 5.76 Å². The van der Waals surface area contributed by atoms with Gasteiger partial charge in [0.15, 0.2) is 0 Å². The first-order chi connectivity index (χ1) is 14.9. The highest BCUT2D eigenvalue weighted by molar-refractivity contribution is 6.46. The predicted molar refractivity (Wildman–Crippen MR) is 115 cm³/mol. The number of hydrogen-bond donors (Lipinski definition) is 1. The number of aromatic nitrogens is 2. The lowest BCUT2D eigenvalue weighted by Crippen LogP contribution is -2.42. The summed E-state index contributed by atoms with van der Waals surface area (Å²) in [6.07, 6.45) is 0. The molecule has 1 aromatic carbocycles. The topological polar surface area (TPSA) is 87.9 Å². The van der Waals surface area contributed by atoms with Crippen molar-refractivity contribution in [3.63, 3.8) is 0 Å². The monoisotopic (exact) mass is 424 g/mol. The van der Waals surface area contributed by atoms with Gasteiger partial charge in [0.05, 0.1) is 36.1 Å². The molecule has 2 saturated heterocycles. The summed E-state index contributed by atoms with van der Waals surface area (Å²) in [7, 11) is 1.79. The van der Waals surface area contributed by atoms with Crippen LogP contribution in [0.1, 0.15) is 28.6 Å². The van der Waals surface area contributed by atoms with E-state index in [1.54, 1.807) is 23.6 Å². The highest BCUT2D eigenvalue weighted by Crippen LogP contribution is 2.40. The third-order valence-corrected chi connectivity index (χ3v) is 6.16. The average molecular weight is 425 g/mol. The molecule has 0 aliphatic carbocycles. The van der Waals surface area contributed by atoms with Gasteiger partial charge in [0, 0.05) is 38.9 Å². The van der Waals surface area contributed by atoms with Crippen molar-refractivity contribution in [2.45, 2.75) is 19.9 Å². The fraction of sp³-hybridized carbons (Fsp3) is 0.435. The van der Waals surface area contributed by atoms with Crippen molar-refractivity contribution in [3.8, 4) is 0 Å². The molecule has 31 heavy (non-hydrogen) atoms. The maximum absolute atomic E-state index is 13.1. The van der Waals surface area contributed by atoms with Crippen LogP contribution >= 0.6 is 0 Å². The molecule has 3 heterocycles. The standard InChI is InChI=1S/C23H28N4O4/c1-15-18(16(2)25(3)24-15)21(28)19-20(17-7-5-4-6-8-17)27(23(30)22(19)29)10-9-26-11-13-31-14-12-26/h4-8,20,28H,9-14H2,1-3H3/b21-19+/t20-/m0/s1. The van der Waals surface area contributed by atoms with Crippen molar-refractivity contribution < 1.29 is 19.4 Å². The zero-order valence-electron chi connectivity index (χ0n) is 18.2. The number of morpholine rings is 1. The molecule has 164 valence electrons. The van der Waals surface area contributed by atoms with Gasteiger partial charge in [-0.3, -0.25) is 19.2 Å². The number of nitrogens with zero attached hydrogens (tertiary/aromatic N) is 4. The van der Waals surface area contributed by atoms with Gasteiger partial charge in [-0.15, -0.1) is 0 Å². The second-order valence-electron chi connectivity index (χ2n) is 8.03. The highest BCUT2D eigenvalue weighted by atomic mass is 16.5. The number of rotatable bonds is 5. The minimum atomic E-state index is -0.656. The Bertz CT molecular complexity index is 1020. The van der Waals surface area contributed by atoms with E-state index in [2.05, 4.69) is 10.00 Å². The molecule has 1 atom stereocenters. The minimum Gasteiger partial charge on any atom is -0.507 e. The Morgan fingerprint density at radius 2 is 1.81 bits per heavy atom. The maximum Gasteiger partial charge on any atom is 0.295 e. The zero-order chi connectivity index (χ0) is 22.1. The number of likely N-dealkylation sites (tertiary alicyclic amines) is 1. The fourth-order valence-corrected chi connectivity index (χ4v) is 4.42. The molecule has 0 saturated carbocycles. The molecule has 0 spiro atoms. The van der Waals surface area contributed by atoms with Gasteiger partial charge in [0.2, 0.25) is 0 Å². The zero-order valence-corrected chi connectivity index (χ0v) is 18.2. The van der Waals surface area contributed by atoms with Gasteiger partial charge in [-0.2, -0.15) is 5.10 Å². The number of ether oxygens (including phenoxy) is 1. The summed E-state index contributed by atoms with van der Waals surface area (Å²) in [5.74, 6) is -1.40. The van der Waals surface area contributed by atoms with Crippen molar-refractivity contribution in [2.24, 2.45) is 7.05 Å². The molecule has 2 fully saturated rings. The van der Waals surface area contributed by atoms with Crippen molar-refractivity contribution in [2.75, 3.05) is 39.4 Å². The molecular weight excluding hydrogens is 396 g/mol. The van der Waals surface area contributed by atoms with E-state index in [1.165, 1.54) is 0 Å². The minimum absolute atomic E-state index is 0.123. The van der Waals surface area contributed by atoms with E-state index in [0.29, 0.717) is 37.6 Å². The number of aryl methyl sites for hydroxylation is 2. The molecule has 1 aromatic heterocycles. The van der Waals surface area contributed by atoms with E-state index >= 15 is 0 Å². The van der Waals surface area contributed by atoms with E-state index < -0.39 is 17.7 Å². The third kappa shape index (κ3) is 3.88. The van der Waals surface area contributed by atoms with Gasteiger partial charge in [-0.25, -0.2) is 0 Å². The average Bonchev–Trinajstić information content (AvgIpc) is 3.18. The van der Waals surface area contributed by atoms with E-state index in [-0.39, 0.29) is 11.3 Å². The molecule has 8 heteroatoms. The highest BCUT2D eigenvalue weighted by Gasteiger charge is 2.46. The smallest absolute Gasteiger partial charge is 0.295 e. The Labute approximate surface area is 181 Å². The molecule has 0 bridgehead atoms. The predicted octanol–water partition coefficient (Wildman–Crippen LogP) is 1.79. The Balaban J connectivity index is 1.76. The number of carbonyl (C=O) groups excluding carboxylic acids is 2. The second kappa shape index (κ2) is 8.64. The number of benzene rings is 1. The lowest BCUT2D eigenvalue weighted by atomic mass is 9.95. The van der Waals surface area contributed by atoms with Crippen molar-refractivity contribution in [1.29, 1.82) is 0 Å². The van der Waals surface area contributed by atoms with Crippen LogP contribution in [0.25, 0.3) is 5.76 Å². The van der Waals surface area contributed by atoms with Crippen LogP contribution in [-0.4, -0.2) is 75.8 Å². The Hall–Kier alpha value is -2.97. The third-order valence-electron chi connectivity index (χ3n) is 6.16. The van der Waals surface area contributed by atoms with Crippen LogP contribution < -0.4 is 0 Å². The van der Waals surface area contributed by atoms with Crippen LogP contribution in [0.2, 0.25) is 0 Å². The van der Waals surface area contributed by atoms with E-state index in [9.17, 15) is 14.7 Å². The summed E-state index contributed by atoms with van der Waals surface area (Å²) in [6.45, 7) is 7.59. The van der Waals surface area contributed by atoms with E-state index in [4.69, 9.17) is 4.74 Å². The molecule has 2 aliphatic rings. The Morgan fingerprint density at radius 3 is 2.42 bits per heavy atom. The molecule has 4 rings (SSSR count). The summed E-state index contributed by atoms with van der Waals surface area (Å²) < 4.78 is 7.06. The molecule has 1 N–H and O–H groups in total. The van der Waals surface area contributed by atoms with Gasteiger partial charge < -0.3 is 14.7 Å². The molecule has 2 aliphatic heterocycles. The van der Waals surface area contributed by atoms with Crippen LogP contribution in [-0.2, 0) is 21.4 Å². The van der Waals surface area contributed by atoms with E-state index in [1.807, 2.05) is 37.3 Å². The first-order valence-electron chi connectivity index (χ1n) is 10.5. The van der Waals surface area contributed by atoms with Crippen LogP contribution in [0.15, 0.2) is 35.9 Å². The van der Waals surface area contributed by atoms with Crippen LogP contribution in [0.5, 0.6) is 0 Å². The number of amides is 1. The summed E-state index contributed by atoms with van der Waals surface area (Å²) in [5, 5.41) is 15.6. The summed E-state index contributed by atoms with van der Waals surface area (Å²) in [6, 6.07) is 8.76. The lowest BCUT2D eigenvalue weighted by Gasteiger charge is -2.31. The molecule has 2 aromatic rings. The fourth-order valence-electron chi connectivity index (χ4n) is 4.42. The van der Waals surface area contributed by atoms with E-state index in [0.717, 1.165) is 24.3 Å². The number of carbonyl (C=O) groups is 2. The molecule has 0 radical (unpaired) electrons. The molecule has 8 nitrogen and oxygen atoms in total. The normalized spacial score (nSPS) is 21.8. The number of ketones is 1. The second-order valence-corrected chi connectivity index (χ2v) is 8.03. The van der Waals surface area contributed by atoms with Gasteiger partial charge in [-0.1, -0.05) is 30.3 Å². The first kappa shape index (κ1) is 21.3. The summed E-state index contributed by atoms with van der Waals surface area (Å²) in [4.78, 5) is 30.0. The Kier molecular flexibility index (Phi) is 5.93. The van der Waals surface area contributed by atoms with Crippen LogP contribution in [0.3, 0.4) is 0 Å². The van der Waals surface area contributed by atoms with Crippen molar-refractivity contribution in [3.05, 3.63) is 58.4 Å². The van der Waals surface area contributed by atoms with Gasteiger partial charge in [-0.05, 0) is 19.4 Å². The molecule has 0 unspecified atom stereocenters. The molecule has 1 amide bonds. The molecular formula is C23H28N4O4. The first-order valence-corrected chi connectivity index (χ1v) is 10.5. The Morgan fingerprint density at radius 1 is 1.13 bits per heavy atom. The lowest BCUT2D eigenvalue weighted by molar-refractivity contribution is -0.140. The van der Waals surface area contributed by atoms with Crippen molar-refractivity contribution in [1.82, 2.24) is 19.6 Å². The number of aliphatic hydroxyl groups excluding tert-OH is 1. The SMILES string of the molecule is Cc1nn(C)c(C)c1/C(O)=C1\C(=O)C(=O)N(CCN2CCOCC2)[C@H]1c1ccccc1. The van der Waals surface area contributed by atoms with Gasteiger partial charge >= 0.3 is 0 Å². The number of hydrogen-bond acceptors (Lipinski definition) is 6. The largest absolute Gasteiger partial charge is 0.507 e. The van der Waals surface area contributed by atoms with Crippen molar-refractivity contribution >= 4 is 17.4 Å². The number of aliphatic hydroxyl groups is 1. The summed E-state index contributed by atoms with van der Waals surface area (Å²) >= 11 is 0. The maximum atomic E-state index is 13.1. The summed E-state index contributed by atoms with van der Waals surface area (Å²) in [5.41, 5.74) is 2.78. The van der Waals surface area contributed by atoms with Gasteiger partial charge in [0.25, 0.3) is 11.7 Å². The van der Waals surface area contributed by atoms with Crippen LogP contribution in [0.4, 0.5) is 0 Å². The quantitative estimate of drug-likeness (QED) is 0.447. The number of Topliss-reactive ketones (excluding diaryl/α,β-unsaturated/α-hetero) is 1. The van der Waals surface area contributed by atoms with Crippen LogP contribution in [0, 0.1) is 13.8 Å².